The molecule has 0 unspecified atom stereocenters. The maximum absolute atomic E-state index is 10.3. The van der Waals surface area contributed by atoms with Crippen LogP contribution >= 0.6 is 0 Å². The minimum Gasteiger partial charge on any atom is -0.391 e. The summed E-state index contributed by atoms with van der Waals surface area (Å²) >= 11 is 0. The van der Waals surface area contributed by atoms with Gasteiger partial charge in [-0.05, 0) is 37.9 Å². The van der Waals surface area contributed by atoms with E-state index in [9.17, 15) is 5.11 Å². The van der Waals surface area contributed by atoms with Gasteiger partial charge >= 0.3 is 0 Å². The number of aliphatic hydroxyl groups excluding tert-OH is 1. The summed E-state index contributed by atoms with van der Waals surface area (Å²) in [5.41, 5.74) is 2.39. The quantitative estimate of drug-likeness (QED) is 0.849. The van der Waals surface area contributed by atoms with Gasteiger partial charge < -0.3 is 14.6 Å². The van der Waals surface area contributed by atoms with E-state index in [1.54, 1.807) is 0 Å². The number of fused-ring (bicyclic) bond motifs is 1. The Kier molecular flexibility index (Phi) is 6.11. The van der Waals surface area contributed by atoms with Crippen molar-refractivity contribution in [1.82, 2.24) is 19.4 Å². The van der Waals surface area contributed by atoms with E-state index < -0.39 is 0 Å². The van der Waals surface area contributed by atoms with Gasteiger partial charge in [0.05, 0.1) is 17.1 Å². The molecule has 27 heavy (non-hydrogen) atoms. The summed E-state index contributed by atoms with van der Waals surface area (Å²) < 4.78 is 2.41. The third kappa shape index (κ3) is 4.20. The average Bonchev–Trinajstić information content (AvgIpc) is 3.07. The summed E-state index contributed by atoms with van der Waals surface area (Å²) in [6.45, 7) is 8.87. The first-order valence-corrected chi connectivity index (χ1v) is 10.8. The summed E-state index contributed by atoms with van der Waals surface area (Å²) in [7, 11) is 0. The van der Waals surface area contributed by atoms with E-state index in [0.29, 0.717) is 6.04 Å². The Hall–Kier alpha value is -1.43. The van der Waals surface area contributed by atoms with Crippen LogP contribution in [-0.4, -0.2) is 69.3 Å². The van der Waals surface area contributed by atoms with Gasteiger partial charge in [-0.25, -0.2) is 4.98 Å². The number of aliphatic hydroxyl groups is 1. The maximum atomic E-state index is 10.3. The number of hydrogen-bond donors (Lipinski definition) is 1. The second kappa shape index (κ2) is 8.72. The summed E-state index contributed by atoms with van der Waals surface area (Å²) in [6, 6.07) is 8.89. The van der Waals surface area contributed by atoms with E-state index in [4.69, 9.17) is 4.98 Å². The van der Waals surface area contributed by atoms with E-state index in [0.717, 1.165) is 57.6 Å². The van der Waals surface area contributed by atoms with Crippen molar-refractivity contribution < 1.29 is 5.11 Å². The molecule has 2 atom stereocenters. The van der Waals surface area contributed by atoms with Crippen molar-refractivity contribution in [2.45, 2.75) is 64.1 Å². The van der Waals surface area contributed by atoms with E-state index >= 15 is 0 Å². The van der Waals surface area contributed by atoms with Crippen LogP contribution in [0.3, 0.4) is 0 Å². The number of imidazole rings is 1. The molecule has 0 bridgehead atoms. The van der Waals surface area contributed by atoms with E-state index in [2.05, 4.69) is 45.6 Å². The van der Waals surface area contributed by atoms with Crippen LogP contribution in [0.1, 0.15) is 44.9 Å². The summed E-state index contributed by atoms with van der Waals surface area (Å²) in [5, 5.41) is 10.3. The van der Waals surface area contributed by atoms with Crippen LogP contribution in [0.2, 0.25) is 0 Å². The molecule has 2 fully saturated rings. The van der Waals surface area contributed by atoms with Crippen LogP contribution in [0.4, 0.5) is 0 Å². The third-order valence-corrected chi connectivity index (χ3v) is 6.48. The molecule has 0 amide bonds. The van der Waals surface area contributed by atoms with E-state index in [1.807, 2.05) is 0 Å². The Balaban J connectivity index is 1.27. The van der Waals surface area contributed by atoms with Gasteiger partial charge in [0.15, 0.2) is 0 Å². The van der Waals surface area contributed by atoms with Crippen molar-refractivity contribution >= 4 is 11.0 Å². The zero-order valence-corrected chi connectivity index (χ0v) is 16.7. The van der Waals surface area contributed by atoms with Crippen molar-refractivity contribution in [3.05, 3.63) is 30.1 Å². The highest BCUT2D eigenvalue weighted by Crippen LogP contribution is 2.24. The molecule has 1 N–H and O–H groups in total. The molecular weight excluding hydrogens is 336 g/mol. The second-order valence-corrected chi connectivity index (χ2v) is 8.17. The smallest absolute Gasteiger partial charge is 0.109 e. The van der Waals surface area contributed by atoms with Gasteiger partial charge in [-0.3, -0.25) is 4.90 Å². The van der Waals surface area contributed by atoms with Gasteiger partial charge in [-0.2, -0.15) is 0 Å². The van der Waals surface area contributed by atoms with Crippen molar-refractivity contribution in [3.8, 4) is 0 Å². The lowest BCUT2D eigenvalue weighted by atomic mass is 9.91. The first kappa shape index (κ1) is 18.9. The molecular formula is C22H34N4O. The number of nitrogens with zero attached hydrogens (tertiary/aromatic N) is 4. The molecule has 2 aliphatic rings. The van der Waals surface area contributed by atoms with Crippen molar-refractivity contribution in [3.63, 3.8) is 0 Å². The van der Waals surface area contributed by atoms with Gasteiger partial charge in [0.25, 0.3) is 0 Å². The molecule has 1 aromatic heterocycles. The van der Waals surface area contributed by atoms with E-state index in [1.165, 1.54) is 37.0 Å². The molecule has 1 aliphatic carbocycles. The lowest BCUT2D eigenvalue weighted by Gasteiger charge is -2.42. The third-order valence-electron chi connectivity index (χ3n) is 6.48. The lowest BCUT2D eigenvalue weighted by Crippen LogP contribution is -2.54. The summed E-state index contributed by atoms with van der Waals surface area (Å²) in [5.74, 6) is 1.20. The molecule has 0 radical (unpaired) electrons. The minimum absolute atomic E-state index is 0.104. The number of piperazine rings is 1. The van der Waals surface area contributed by atoms with Crippen LogP contribution < -0.4 is 0 Å². The Labute approximate surface area is 163 Å². The van der Waals surface area contributed by atoms with Crippen molar-refractivity contribution in [1.29, 1.82) is 0 Å². The summed E-state index contributed by atoms with van der Waals surface area (Å²) in [6.07, 6.45) is 6.68. The highest BCUT2D eigenvalue weighted by atomic mass is 16.3. The second-order valence-electron chi connectivity index (χ2n) is 8.17. The number of hydrogen-bond acceptors (Lipinski definition) is 4. The van der Waals surface area contributed by atoms with Gasteiger partial charge in [0.2, 0.25) is 0 Å². The molecule has 2 heterocycles. The first-order valence-electron chi connectivity index (χ1n) is 10.8. The van der Waals surface area contributed by atoms with Gasteiger partial charge in [-0.15, -0.1) is 0 Å². The molecule has 1 saturated heterocycles. The van der Waals surface area contributed by atoms with Crippen LogP contribution in [0.25, 0.3) is 11.0 Å². The minimum atomic E-state index is -0.104. The molecule has 1 saturated carbocycles. The highest BCUT2D eigenvalue weighted by molar-refractivity contribution is 5.75. The number of aromatic nitrogens is 2. The molecule has 148 valence electrons. The van der Waals surface area contributed by atoms with Crippen LogP contribution in [0.15, 0.2) is 24.3 Å². The number of aryl methyl sites for hydroxylation is 2. The van der Waals surface area contributed by atoms with E-state index in [-0.39, 0.29) is 6.10 Å². The van der Waals surface area contributed by atoms with Gasteiger partial charge in [-0.1, -0.05) is 31.9 Å². The predicted molar refractivity (Wildman–Crippen MR) is 110 cm³/mol. The van der Waals surface area contributed by atoms with Crippen molar-refractivity contribution in [2.75, 3.05) is 32.7 Å². The number of para-hydroxylation sites is 2. The van der Waals surface area contributed by atoms with Crippen LogP contribution in [0.5, 0.6) is 0 Å². The fourth-order valence-corrected chi connectivity index (χ4v) is 4.93. The maximum Gasteiger partial charge on any atom is 0.109 e. The fraction of sp³-hybridized carbons (Fsp3) is 0.682. The number of benzene rings is 1. The molecule has 2 aromatic rings. The molecule has 0 spiro atoms. The predicted octanol–water partition coefficient (Wildman–Crippen LogP) is 2.91. The zero-order valence-electron chi connectivity index (χ0n) is 16.7. The molecule has 5 heteroatoms. The molecule has 1 aromatic carbocycles. The molecule has 4 rings (SSSR count). The topological polar surface area (TPSA) is 44.5 Å². The monoisotopic (exact) mass is 370 g/mol. The average molecular weight is 371 g/mol. The molecule has 1 aliphatic heterocycles. The SMILES string of the molecule is CCc1nc2ccccc2n1CCCN1CCN([C@H]2CCCC[C@@H]2O)CC1. The Morgan fingerprint density at radius 1 is 1.04 bits per heavy atom. The zero-order chi connectivity index (χ0) is 18.6. The Morgan fingerprint density at radius 3 is 2.59 bits per heavy atom. The van der Waals surface area contributed by atoms with Gasteiger partial charge in [0, 0.05) is 45.2 Å². The van der Waals surface area contributed by atoms with Crippen molar-refractivity contribution in [2.24, 2.45) is 0 Å². The Bertz CT molecular complexity index is 735. The van der Waals surface area contributed by atoms with Crippen LogP contribution in [-0.2, 0) is 13.0 Å². The van der Waals surface area contributed by atoms with Gasteiger partial charge in [0.1, 0.15) is 5.82 Å². The lowest BCUT2D eigenvalue weighted by molar-refractivity contribution is -0.00372. The normalized spacial score (nSPS) is 25.3. The summed E-state index contributed by atoms with van der Waals surface area (Å²) in [4.78, 5) is 9.92. The highest BCUT2D eigenvalue weighted by Gasteiger charge is 2.30. The number of rotatable bonds is 6. The standard InChI is InChI=1S/C22H34N4O/c1-2-22-23-18-8-3-4-9-19(18)26(22)13-7-12-24-14-16-25(17-15-24)20-10-5-6-11-21(20)27/h3-4,8-9,20-21,27H,2,5-7,10-17H2,1H3/t20-,21-/m0/s1. The first-order chi connectivity index (χ1) is 13.3. The largest absolute Gasteiger partial charge is 0.391 e. The Morgan fingerprint density at radius 2 is 1.81 bits per heavy atom. The fourth-order valence-electron chi connectivity index (χ4n) is 4.93. The van der Waals surface area contributed by atoms with Crippen LogP contribution in [0, 0.1) is 0 Å². The molecule has 5 nitrogen and oxygen atoms in total.